The number of amides is 2. The van der Waals surface area contributed by atoms with Crippen molar-refractivity contribution in [3.63, 3.8) is 0 Å². The van der Waals surface area contributed by atoms with Crippen molar-refractivity contribution in [3.8, 4) is 34.1 Å². The first-order chi connectivity index (χ1) is 21.3. The van der Waals surface area contributed by atoms with Crippen LogP contribution in [0.2, 0.25) is 0 Å². The predicted molar refractivity (Wildman–Crippen MR) is 151 cm³/mol. The molecular formula is C30H28FN5O6. The first-order valence-electron chi connectivity index (χ1n) is 14.3. The Morgan fingerprint density at radius 2 is 1.88 bits per heavy atom. The summed E-state index contributed by atoms with van der Waals surface area (Å²) >= 11 is 0. The first-order valence-corrected chi connectivity index (χ1v) is 12.8. The molecular weight excluding hydrogens is 545 g/mol. The summed E-state index contributed by atoms with van der Waals surface area (Å²) < 4.78 is 58.3. The van der Waals surface area contributed by atoms with Crippen LogP contribution in [-0.4, -0.2) is 47.6 Å². The molecule has 216 valence electrons. The molecule has 0 aliphatic carbocycles. The predicted octanol–water partition coefficient (Wildman–Crippen LogP) is 5.12. The normalized spacial score (nSPS) is 12.7. The number of methoxy groups -OCH3 is 1. The molecule has 2 aromatic carbocycles. The molecule has 42 heavy (non-hydrogen) atoms. The topological polar surface area (TPSA) is 142 Å². The third kappa shape index (κ3) is 5.26. The zero-order valence-corrected chi connectivity index (χ0v) is 23.1. The van der Waals surface area contributed by atoms with Gasteiger partial charge in [-0.1, -0.05) is 5.16 Å². The van der Waals surface area contributed by atoms with Crippen molar-refractivity contribution >= 4 is 22.8 Å². The second-order valence-corrected chi connectivity index (χ2v) is 9.68. The Balaban J connectivity index is 1.69. The second kappa shape index (κ2) is 11.3. The van der Waals surface area contributed by atoms with E-state index in [1.807, 2.05) is 0 Å². The van der Waals surface area contributed by atoms with Gasteiger partial charge in [-0.05, 0) is 57.2 Å². The molecule has 0 saturated carbocycles. The molecule has 5 rings (SSSR count). The summed E-state index contributed by atoms with van der Waals surface area (Å²) in [4.78, 5) is 34.9. The van der Waals surface area contributed by atoms with Crippen LogP contribution < -0.4 is 20.1 Å². The molecule has 3 heterocycles. The average molecular weight is 577 g/mol. The van der Waals surface area contributed by atoms with Gasteiger partial charge in [0.15, 0.2) is 5.82 Å². The maximum atomic E-state index is 13.7. The van der Waals surface area contributed by atoms with Crippen molar-refractivity contribution in [3.05, 3.63) is 77.8 Å². The molecule has 3 aromatic heterocycles. The van der Waals surface area contributed by atoms with Crippen molar-refractivity contribution in [1.82, 2.24) is 25.8 Å². The number of fused-ring (bicyclic) bond motifs is 1. The van der Waals surface area contributed by atoms with Crippen LogP contribution in [0, 0.1) is 5.82 Å². The zero-order valence-electron chi connectivity index (χ0n) is 26.1. The van der Waals surface area contributed by atoms with Gasteiger partial charge < -0.3 is 29.0 Å². The van der Waals surface area contributed by atoms with Crippen LogP contribution in [0.1, 0.15) is 51.4 Å². The lowest BCUT2D eigenvalue weighted by Crippen LogP contribution is -2.42. The number of benzene rings is 2. The number of aromatic nitrogens is 3. The van der Waals surface area contributed by atoms with Gasteiger partial charge in [0, 0.05) is 41.4 Å². The van der Waals surface area contributed by atoms with E-state index < -0.39 is 36.1 Å². The first kappa shape index (κ1) is 24.5. The fraction of sp³-hybridized carbons (Fsp3) is 0.233. The van der Waals surface area contributed by atoms with Gasteiger partial charge in [-0.25, -0.2) is 9.37 Å². The molecule has 0 fully saturated rings. The number of furan rings is 1. The van der Waals surface area contributed by atoms with Crippen molar-refractivity contribution < 1.29 is 36.5 Å². The number of nitrogens with one attached hydrogen (secondary N) is 2. The minimum absolute atomic E-state index is 0.181. The van der Waals surface area contributed by atoms with Crippen LogP contribution in [0.4, 0.5) is 4.39 Å². The lowest BCUT2D eigenvalue weighted by Gasteiger charge is -2.23. The Morgan fingerprint density at radius 3 is 2.55 bits per heavy atom. The van der Waals surface area contributed by atoms with Gasteiger partial charge in [0.1, 0.15) is 28.5 Å². The molecule has 2 amide bonds. The van der Waals surface area contributed by atoms with Crippen LogP contribution in [0.25, 0.3) is 33.4 Å². The molecule has 0 aliphatic rings. The van der Waals surface area contributed by atoms with E-state index in [0.29, 0.717) is 33.4 Å². The van der Waals surface area contributed by atoms with Crippen molar-refractivity contribution in [1.29, 1.82) is 0 Å². The van der Waals surface area contributed by atoms with E-state index in [1.165, 1.54) is 43.6 Å². The summed E-state index contributed by atoms with van der Waals surface area (Å²) in [5.41, 5.74) is 0.417. The van der Waals surface area contributed by atoms with Gasteiger partial charge in [0.25, 0.3) is 11.8 Å². The van der Waals surface area contributed by atoms with Gasteiger partial charge >= 0.3 is 0 Å². The minimum atomic E-state index is -2.90. The molecule has 0 unspecified atom stereocenters. The number of hydrogen-bond donors (Lipinski definition) is 2. The molecule has 0 saturated heterocycles. The maximum absolute atomic E-state index is 13.7. The van der Waals surface area contributed by atoms with E-state index in [1.54, 1.807) is 32.9 Å². The Labute approximate surface area is 244 Å². The molecule has 0 bridgehead atoms. The zero-order chi connectivity index (χ0) is 32.5. The largest absolute Gasteiger partial charge is 0.493 e. The Morgan fingerprint density at radius 1 is 1.10 bits per heavy atom. The quantitative estimate of drug-likeness (QED) is 0.245. The molecule has 11 nitrogen and oxygen atoms in total. The monoisotopic (exact) mass is 576 g/mol. The average Bonchev–Trinajstić information content (AvgIpc) is 3.65. The van der Waals surface area contributed by atoms with Crippen molar-refractivity contribution in [2.45, 2.75) is 26.3 Å². The fourth-order valence-electron chi connectivity index (χ4n) is 4.48. The number of halogens is 1. The van der Waals surface area contributed by atoms with Gasteiger partial charge in [0.05, 0.1) is 28.9 Å². The van der Waals surface area contributed by atoms with E-state index in [-0.39, 0.29) is 29.3 Å². The summed E-state index contributed by atoms with van der Waals surface area (Å²) in [6, 6.07) is 10.2. The molecule has 2 N–H and O–H groups in total. The van der Waals surface area contributed by atoms with Crippen LogP contribution in [0.15, 0.2) is 64.0 Å². The molecule has 0 aliphatic heterocycles. The van der Waals surface area contributed by atoms with E-state index in [9.17, 15) is 14.0 Å². The van der Waals surface area contributed by atoms with E-state index in [0.717, 1.165) is 6.39 Å². The summed E-state index contributed by atoms with van der Waals surface area (Å²) in [6.07, 6.45) is 2.44. The van der Waals surface area contributed by atoms with Gasteiger partial charge in [-0.2, -0.15) is 4.98 Å². The highest BCUT2D eigenvalue weighted by Gasteiger charge is 2.30. The number of hydrogen-bond acceptors (Lipinski definition) is 9. The standard InChI is InChI=1S/C30H28FN5O6/c1-6-40-22-13-23-20(24(27(38)32-4)25(42-23)16-7-9-18(31)10-8-16)12-19(22)17-11-21(28(39-5)33-14-17)26(37)35-30(2,3)29-34-15-41-36-29/h7-15H,6H2,1-5H3,(H,32,38)(H,35,37)/i5D3. The number of carbonyl (C=O) groups excluding carboxylic acids is 2. The van der Waals surface area contributed by atoms with Crippen LogP contribution in [0.5, 0.6) is 11.6 Å². The maximum Gasteiger partial charge on any atom is 0.257 e. The van der Waals surface area contributed by atoms with Crippen LogP contribution in [0.3, 0.4) is 0 Å². The fourth-order valence-corrected chi connectivity index (χ4v) is 4.48. The summed E-state index contributed by atoms with van der Waals surface area (Å²) in [7, 11) is -1.43. The Bertz CT molecular complexity index is 1870. The van der Waals surface area contributed by atoms with E-state index in [4.69, 9.17) is 22.5 Å². The van der Waals surface area contributed by atoms with Crippen LogP contribution >= 0.6 is 0 Å². The lowest BCUT2D eigenvalue weighted by molar-refractivity contribution is 0.0902. The summed E-state index contributed by atoms with van der Waals surface area (Å²) in [5, 5.41) is 9.55. The smallest absolute Gasteiger partial charge is 0.257 e. The Hall–Kier alpha value is -5.26. The third-order valence-corrected chi connectivity index (χ3v) is 6.50. The number of rotatable bonds is 9. The molecule has 0 atom stereocenters. The highest BCUT2D eigenvalue weighted by molar-refractivity contribution is 6.12. The van der Waals surface area contributed by atoms with E-state index >= 15 is 0 Å². The van der Waals surface area contributed by atoms with Crippen molar-refractivity contribution in [2.24, 2.45) is 0 Å². The van der Waals surface area contributed by atoms with E-state index in [2.05, 4.69) is 25.8 Å². The van der Waals surface area contributed by atoms with Gasteiger partial charge in [-0.3, -0.25) is 9.59 Å². The summed E-state index contributed by atoms with van der Waals surface area (Å²) in [6.45, 7) is 5.30. The third-order valence-electron chi connectivity index (χ3n) is 6.50. The van der Waals surface area contributed by atoms with Gasteiger partial charge in [0.2, 0.25) is 12.3 Å². The molecule has 0 radical (unpaired) electrons. The summed E-state index contributed by atoms with van der Waals surface area (Å²) in [5.74, 6) is -1.34. The van der Waals surface area contributed by atoms with Gasteiger partial charge in [-0.15, -0.1) is 0 Å². The number of ether oxygens (including phenoxy) is 2. The number of pyridine rings is 1. The molecule has 0 spiro atoms. The second-order valence-electron chi connectivity index (χ2n) is 9.68. The molecule has 12 heteroatoms. The number of nitrogens with zero attached hydrogens (tertiary/aromatic N) is 3. The Kier molecular flexibility index (Phi) is 6.61. The van der Waals surface area contributed by atoms with Crippen molar-refractivity contribution in [2.75, 3.05) is 20.7 Å². The molecule has 5 aromatic rings. The lowest BCUT2D eigenvalue weighted by atomic mass is 9.98. The minimum Gasteiger partial charge on any atom is -0.493 e. The van der Waals surface area contributed by atoms with Crippen LogP contribution in [-0.2, 0) is 5.54 Å². The highest BCUT2D eigenvalue weighted by atomic mass is 19.1. The SMILES string of the molecule is [2H]C([2H])([2H])Oc1ncc(-c2cc3c(C(=O)NC)c(-c4ccc(F)cc4)oc3cc2OCC)cc1C(=O)NC(C)(C)c1ncon1. The number of carbonyl (C=O) groups is 2. The highest BCUT2D eigenvalue weighted by Crippen LogP contribution is 2.41.